The fraction of sp³-hybridized carbons (Fsp3) is 0.500. The van der Waals surface area contributed by atoms with Gasteiger partial charge in [-0.05, 0) is 45.3 Å². The van der Waals surface area contributed by atoms with E-state index in [0.717, 1.165) is 19.2 Å². The third-order valence-corrected chi connectivity index (χ3v) is 3.56. The maximum Gasteiger partial charge on any atom is 0.491 e. The summed E-state index contributed by atoms with van der Waals surface area (Å²) in [6, 6.07) is 3.50. The lowest BCUT2D eigenvalue weighted by atomic mass is 9.76. The van der Waals surface area contributed by atoms with Crippen molar-refractivity contribution in [3.63, 3.8) is 0 Å². The Bertz CT molecular complexity index is 525. The van der Waals surface area contributed by atoms with Gasteiger partial charge in [-0.1, -0.05) is 6.07 Å². The van der Waals surface area contributed by atoms with Gasteiger partial charge in [-0.15, -0.1) is 0 Å². The van der Waals surface area contributed by atoms with E-state index in [4.69, 9.17) is 4.65 Å². The Hall–Kier alpha value is -1.44. The van der Waals surface area contributed by atoms with Gasteiger partial charge >= 0.3 is 13.1 Å². The van der Waals surface area contributed by atoms with Crippen molar-refractivity contribution in [3.8, 4) is 0 Å². The van der Waals surface area contributed by atoms with Crippen LogP contribution in [0.15, 0.2) is 18.2 Å². The van der Waals surface area contributed by atoms with Gasteiger partial charge in [0, 0.05) is 0 Å². The summed E-state index contributed by atoms with van der Waals surface area (Å²) in [5.74, 6) is -1.59. The van der Waals surface area contributed by atoms with Crippen LogP contribution >= 0.6 is 0 Å². The summed E-state index contributed by atoms with van der Waals surface area (Å²) in [5, 5.41) is 20.1. The van der Waals surface area contributed by atoms with Gasteiger partial charge in [0.15, 0.2) is 0 Å². The van der Waals surface area contributed by atoms with Crippen molar-refractivity contribution in [3.05, 3.63) is 29.6 Å². The number of aliphatic hydroxyl groups is 1. The summed E-state index contributed by atoms with van der Waals surface area (Å²) in [6.07, 6.45) is 0. The van der Waals surface area contributed by atoms with Gasteiger partial charge in [0.05, 0.1) is 23.9 Å². The number of carbonyl (C=O) groups excluding carboxylic acids is 1. The molecular weight excluding hydrogens is 278 g/mol. The topological polar surface area (TPSA) is 76.0 Å². The third-order valence-electron chi connectivity index (χ3n) is 3.56. The van der Waals surface area contributed by atoms with Crippen LogP contribution in [0, 0.1) is 5.82 Å². The number of hydrogen-bond donors (Lipinski definition) is 2. The Morgan fingerprint density at radius 2 is 1.86 bits per heavy atom. The van der Waals surface area contributed by atoms with Crippen LogP contribution in [0.2, 0.25) is 0 Å². The lowest BCUT2D eigenvalue weighted by molar-refractivity contribution is -0.0982. The monoisotopic (exact) mass is 298 g/mol. The number of esters is 1. The van der Waals surface area contributed by atoms with Gasteiger partial charge in [-0.3, -0.25) is 0 Å². The van der Waals surface area contributed by atoms with E-state index in [0.29, 0.717) is 0 Å². The first kappa shape index (κ1) is 17.6. The molecular formula is C14H20BFO5. The number of rotatable bonds is 5. The Balaban J connectivity index is 3.04. The number of benzene rings is 1. The molecule has 0 heterocycles. The highest BCUT2D eigenvalue weighted by molar-refractivity contribution is 6.60. The lowest BCUT2D eigenvalue weighted by Gasteiger charge is -2.38. The first-order valence-corrected chi connectivity index (χ1v) is 6.45. The third kappa shape index (κ3) is 4.03. The van der Waals surface area contributed by atoms with Crippen molar-refractivity contribution in [2.45, 2.75) is 38.9 Å². The molecule has 0 aliphatic carbocycles. The molecule has 0 aliphatic rings. The van der Waals surface area contributed by atoms with E-state index < -0.39 is 30.1 Å². The van der Waals surface area contributed by atoms with Crippen LogP contribution in [0.3, 0.4) is 0 Å². The zero-order chi connectivity index (χ0) is 16.4. The van der Waals surface area contributed by atoms with Crippen LogP contribution in [0.25, 0.3) is 0 Å². The molecule has 0 bridgehead atoms. The number of carbonyl (C=O) groups is 1. The fourth-order valence-corrected chi connectivity index (χ4v) is 1.45. The molecule has 0 amide bonds. The summed E-state index contributed by atoms with van der Waals surface area (Å²) < 4.78 is 23.4. The molecule has 1 rings (SSSR count). The second-order valence-electron chi connectivity index (χ2n) is 5.77. The molecule has 0 aliphatic heterocycles. The molecule has 0 spiro atoms. The van der Waals surface area contributed by atoms with Crippen molar-refractivity contribution in [1.29, 1.82) is 0 Å². The quantitative estimate of drug-likeness (QED) is 0.623. The van der Waals surface area contributed by atoms with Crippen molar-refractivity contribution < 1.29 is 28.7 Å². The molecule has 0 saturated carbocycles. The van der Waals surface area contributed by atoms with Crippen LogP contribution in [0.4, 0.5) is 4.39 Å². The molecule has 0 fully saturated rings. The average Bonchev–Trinajstić information content (AvgIpc) is 2.36. The zero-order valence-electron chi connectivity index (χ0n) is 12.8. The summed E-state index contributed by atoms with van der Waals surface area (Å²) in [6.45, 7) is 6.32. The number of halogens is 1. The molecule has 0 radical (unpaired) electrons. The minimum absolute atomic E-state index is 0.189. The maximum absolute atomic E-state index is 13.5. The standard InChI is InChI=1S/C14H20BFO5/c1-13(2,18)14(3,4)21-15(19)9-6-7-11(16)10(8-9)12(17)20-5/h6-8,18-19H,1-5H3. The van der Waals surface area contributed by atoms with Crippen LogP contribution in [0.1, 0.15) is 38.1 Å². The molecule has 116 valence electrons. The van der Waals surface area contributed by atoms with Crippen molar-refractivity contribution >= 4 is 18.6 Å². The van der Waals surface area contributed by atoms with Gasteiger partial charge in [-0.25, -0.2) is 9.18 Å². The van der Waals surface area contributed by atoms with Crippen molar-refractivity contribution in [2.75, 3.05) is 7.11 Å². The van der Waals surface area contributed by atoms with Crippen molar-refractivity contribution in [1.82, 2.24) is 0 Å². The van der Waals surface area contributed by atoms with Crippen LogP contribution in [-0.4, -0.2) is 41.5 Å². The van der Waals surface area contributed by atoms with Crippen LogP contribution < -0.4 is 5.46 Å². The molecule has 1 aromatic carbocycles. The van der Waals surface area contributed by atoms with Gasteiger partial charge in [0.25, 0.3) is 0 Å². The predicted molar refractivity (Wildman–Crippen MR) is 76.8 cm³/mol. The second-order valence-corrected chi connectivity index (χ2v) is 5.77. The Morgan fingerprint density at radius 3 is 2.33 bits per heavy atom. The predicted octanol–water partition coefficient (Wildman–Crippen LogP) is 0.866. The first-order chi connectivity index (χ1) is 9.49. The number of ether oxygens (including phenoxy) is 1. The zero-order valence-corrected chi connectivity index (χ0v) is 12.8. The van der Waals surface area contributed by atoms with Gasteiger partial charge < -0.3 is 19.5 Å². The molecule has 0 saturated heterocycles. The van der Waals surface area contributed by atoms with E-state index >= 15 is 0 Å². The molecule has 21 heavy (non-hydrogen) atoms. The molecule has 0 atom stereocenters. The molecule has 7 heteroatoms. The van der Waals surface area contributed by atoms with E-state index in [1.54, 1.807) is 27.7 Å². The first-order valence-electron chi connectivity index (χ1n) is 6.45. The van der Waals surface area contributed by atoms with E-state index in [2.05, 4.69) is 4.74 Å². The average molecular weight is 298 g/mol. The van der Waals surface area contributed by atoms with E-state index in [-0.39, 0.29) is 11.0 Å². The van der Waals surface area contributed by atoms with Gasteiger partial charge in [0.1, 0.15) is 5.82 Å². The molecule has 1 aromatic rings. The summed E-state index contributed by atoms with van der Waals surface area (Å²) in [5.41, 5.74) is -2.38. The normalized spacial score (nSPS) is 12.2. The SMILES string of the molecule is COC(=O)c1cc(B(O)OC(C)(C)C(C)(C)O)ccc1F. The highest BCUT2D eigenvalue weighted by atomic mass is 19.1. The fourth-order valence-electron chi connectivity index (χ4n) is 1.45. The number of methoxy groups -OCH3 is 1. The Labute approximate surface area is 123 Å². The van der Waals surface area contributed by atoms with Crippen LogP contribution in [0.5, 0.6) is 0 Å². The number of hydrogen-bond acceptors (Lipinski definition) is 5. The highest BCUT2D eigenvalue weighted by Crippen LogP contribution is 2.25. The molecule has 5 nitrogen and oxygen atoms in total. The minimum atomic E-state index is -1.42. The Kier molecular flexibility index (Phi) is 5.14. The summed E-state index contributed by atoms with van der Waals surface area (Å²) in [7, 11) is -0.283. The summed E-state index contributed by atoms with van der Waals surface area (Å²) in [4.78, 5) is 11.4. The maximum atomic E-state index is 13.5. The molecule has 2 N–H and O–H groups in total. The lowest BCUT2D eigenvalue weighted by Crippen LogP contribution is -2.53. The van der Waals surface area contributed by atoms with E-state index in [1.807, 2.05) is 0 Å². The molecule has 0 aromatic heterocycles. The largest absolute Gasteiger partial charge is 0.491 e. The van der Waals surface area contributed by atoms with E-state index in [1.165, 1.54) is 6.07 Å². The Morgan fingerprint density at radius 1 is 1.29 bits per heavy atom. The highest BCUT2D eigenvalue weighted by Gasteiger charge is 2.39. The van der Waals surface area contributed by atoms with Gasteiger partial charge in [0.2, 0.25) is 0 Å². The summed E-state index contributed by atoms with van der Waals surface area (Å²) >= 11 is 0. The smallest absolute Gasteiger partial charge is 0.465 e. The van der Waals surface area contributed by atoms with E-state index in [9.17, 15) is 19.3 Å². The minimum Gasteiger partial charge on any atom is -0.465 e. The second kappa shape index (κ2) is 6.13. The van der Waals surface area contributed by atoms with Crippen LogP contribution in [-0.2, 0) is 9.39 Å². The van der Waals surface area contributed by atoms with Crippen molar-refractivity contribution in [2.24, 2.45) is 0 Å². The van der Waals surface area contributed by atoms with Gasteiger partial charge in [-0.2, -0.15) is 0 Å². The molecule has 0 unspecified atom stereocenters.